The van der Waals surface area contributed by atoms with Crippen molar-refractivity contribution in [3.05, 3.63) is 33.3 Å². The molecule has 1 atom stereocenters. The summed E-state index contributed by atoms with van der Waals surface area (Å²) in [6, 6.07) is 1.37. The highest BCUT2D eigenvalue weighted by molar-refractivity contribution is 6.43. The van der Waals surface area contributed by atoms with Crippen LogP contribution in [0.15, 0.2) is 12.1 Å². The molecule has 1 aromatic carbocycles. The van der Waals surface area contributed by atoms with E-state index in [9.17, 15) is 19.2 Å². The molecule has 0 aromatic heterocycles. The highest BCUT2D eigenvalue weighted by Crippen LogP contribution is 2.32. The van der Waals surface area contributed by atoms with Crippen LogP contribution in [0.2, 0.25) is 10.0 Å². The summed E-state index contributed by atoms with van der Waals surface area (Å²) in [6.45, 7) is 6.43. The van der Waals surface area contributed by atoms with Gasteiger partial charge in [0, 0.05) is 5.54 Å². The van der Waals surface area contributed by atoms with Gasteiger partial charge in [-0.15, -0.1) is 0 Å². The molecule has 3 amide bonds. The van der Waals surface area contributed by atoms with E-state index >= 15 is 0 Å². The highest BCUT2D eigenvalue weighted by atomic mass is 35.5. The number of halogens is 2. The van der Waals surface area contributed by atoms with Gasteiger partial charge in [-0.25, -0.2) is 4.79 Å². The number of carbonyl (C=O) groups excluding carboxylic acids is 4. The van der Waals surface area contributed by atoms with Gasteiger partial charge in [0.25, 0.3) is 17.7 Å². The molecule has 0 saturated heterocycles. The van der Waals surface area contributed by atoms with Crippen LogP contribution in [0.1, 0.15) is 54.8 Å². The number of benzene rings is 1. The Morgan fingerprint density at radius 2 is 1.63 bits per heavy atom. The minimum atomic E-state index is -1.21. The Labute approximate surface area is 166 Å². The fourth-order valence-corrected chi connectivity index (χ4v) is 2.80. The number of nitrogens with one attached hydrogen (secondary N) is 1. The Bertz CT molecular complexity index is 781. The summed E-state index contributed by atoms with van der Waals surface area (Å²) in [4.78, 5) is 49.9. The lowest BCUT2D eigenvalue weighted by molar-refractivity contribution is -0.152. The number of rotatable bonds is 6. The van der Waals surface area contributed by atoms with Crippen LogP contribution in [0.25, 0.3) is 0 Å². The molecule has 1 heterocycles. The first kappa shape index (κ1) is 21.2. The molecule has 0 radical (unpaired) electrons. The quantitative estimate of drug-likeness (QED) is 0.570. The van der Waals surface area contributed by atoms with Crippen molar-refractivity contribution in [2.75, 3.05) is 6.61 Å². The van der Waals surface area contributed by atoms with Crippen molar-refractivity contribution >= 4 is 46.9 Å². The van der Waals surface area contributed by atoms with Gasteiger partial charge in [0.15, 0.2) is 6.61 Å². The maximum atomic E-state index is 12.5. The van der Waals surface area contributed by atoms with Crippen molar-refractivity contribution in [3.63, 3.8) is 0 Å². The third kappa shape index (κ3) is 4.42. The van der Waals surface area contributed by atoms with Crippen molar-refractivity contribution in [1.29, 1.82) is 0 Å². The zero-order valence-corrected chi connectivity index (χ0v) is 16.9. The molecule has 2 rings (SSSR count). The van der Waals surface area contributed by atoms with Gasteiger partial charge >= 0.3 is 5.97 Å². The van der Waals surface area contributed by atoms with E-state index in [-0.39, 0.29) is 21.2 Å². The summed E-state index contributed by atoms with van der Waals surface area (Å²) in [5, 5.41) is 2.98. The lowest BCUT2D eigenvalue weighted by Crippen LogP contribution is -2.47. The van der Waals surface area contributed by atoms with Crippen LogP contribution in [-0.2, 0) is 14.3 Å². The number of fused-ring (bicyclic) bond motifs is 1. The third-order valence-corrected chi connectivity index (χ3v) is 5.12. The van der Waals surface area contributed by atoms with E-state index in [4.69, 9.17) is 27.9 Å². The minimum absolute atomic E-state index is 0.0662. The van der Waals surface area contributed by atoms with Crippen LogP contribution in [0.3, 0.4) is 0 Å². The first-order valence-corrected chi connectivity index (χ1v) is 9.08. The predicted octanol–water partition coefficient (Wildman–Crippen LogP) is 2.83. The van der Waals surface area contributed by atoms with Crippen LogP contribution in [0, 0.1) is 0 Å². The SMILES string of the molecule is CCC(C)(C)NC(=O)COC(=O)[C@H](C)N1C(=O)c2cc(Cl)c(Cl)cc2C1=O. The summed E-state index contributed by atoms with van der Waals surface area (Å²) in [6.07, 6.45) is 0.698. The largest absolute Gasteiger partial charge is 0.454 e. The second-order valence-corrected chi connectivity index (χ2v) is 7.68. The van der Waals surface area contributed by atoms with Crippen LogP contribution in [0.5, 0.6) is 0 Å². The predicted molar refractivity (Wildman–Crippen MR) is 99.9 cm³/mol. The van der Waals surface area contributed by atoms with E-state index in [0.717, 1.165) is 4.90 Å². The van der Waals surface area contributed by atoms with Crippen LogP contribution >= 0.6 is 23.2 Å². The number of hydrogen-bond acceptors (Lipinski definition) is 5. The van der Waals surface area contributed by atoms with E-state index in [1.54, 1.807) is 0 Å². The van der Waals surface area contributed by atoms with Gasteiger partial charge < -0.3 is 10.1 Å². The van der Waals surface area contributed by atoms with Gasteiger partial charge in [0.05, 0.1) is 21.2 Å². The molecule has 0 spiro atoms. The summed E-state index contributed by atoms with van der Waals surface area (Å²) in [5.41, 5.74) is -0.302. The molecule has 1 aliphatic heterocycles. The Balaban J connectivity index is 2.06. The molecule has 0 saturated carbocycles. The molecule has 9 heteroatoms. The molecule has 146 valence electrons. The van der Waals surface area contributed by atoms with Crippen LogP contribution in [-0.4, -0.2) is 46.8 Å². The summed E-state index contributed by atoms with van der Waals surface area (Å²) in [5.74, 6) is -2.68. The van der Waals surface area contributed by atoms with Gasteiger partial charge in [-0.2, -0.15) is 0 Å². The molecule has 1 N–H and O–H groups in total. The minimum Gasteiger partial charge on any atom is -0.454 e. The van der Waals surface area contributed by atoms with Gasteiger partial charge in [-0.05, 0) is 39.3 Å². The Kier molecular flexibility index (Phi) is 6.17. The lowest BCUT2D eigenvalue weighted by Gasteiger charge is -2.25. The number of nitrogens with zero attached hydrogens (tertiary/aromatic N) is 1. The number of ether oxygens (including phenoxy) is 1. The molecule has 1 aliphatic rings. The lowest BCUT2D eigenvalue weighted by atomic mass is 10.0. The van der Waals surface area contributed by atoms with Crippen molar-refractivity contribution < 1.29 is 23.9 Å². The van der Waals surface area contributed by atoms with E-state index in [1.807, 2.05) is 20.8 Å². The van der Waals surface area contributed by atoms with E-state index in [0.29, 0.717) is 6.42 Å². The van der Waals surface area contributed by atoms with Crippen molar-refractivity contribution in [2.24, 2.45) is 0 Å². The van der Waals surface area contributed by atoms with E-state index in [2.05, 4.69) is 5.32 Å². The summed E-state index contributed by atoms with van der Waals surface area (Å²) in [7, 11) is 0. The van der Waals surface area contributed by atoms with Crippen LogP contribution < -0.4 is 5.32 Å². The van der Waals surface area contributed by atoms with Crippen molar-refractivity contribution in [1.82, 2.24) is 10.2 Å². The Morgan fingerprint density at radius 1 is 1.15 bits per heavy atom. The van der Waals surface area contributed by atoms with Crippen LogP contribution in [0.4, 0.5) is 0 Å². The van der Waals surface area contributed by atoms with Crippen molar-refractivity contribution in [3.8, 4) is 0 Å². The number of carbonyl (C=O) groups is 4. The van der Waals surface area contributed by atoms with Gasteiger partial charge in [-0.1, -0.05) is 30.1 Å². The number of hydrogen-bond donors (Lipinski definition) is 1. The fraction of sp³-hybridized carbons (Fsp3) is 0.444. The number of amides is 3. The number of esters is 1. The standard InChI is InChI=1S/C18H20Cl2N2O5/c1-5-18(3,4)21-14(23)8-27-17(26)9(2)22-15(24)10-6-12(19)13(20)7-11(10)16(22)25/h6-7,9H,5,8H2,1-4H3,(H,21,23)/t9-/m0/s1. The smallest absolute Gasteiger partial charge is 0.329 e. The molecule has 1 aromatic rings. The van der Waals surface area contributed by atoms with Gasteiger partial charge in [0.1, 0.15) is 6.04 Å². The maximum Gasteiger partial charge on any atom is 0.329 e. The fourth-order valence-electron chi connectivity index (χ4n) is 2.47. The normalized spacial score (nSPS) is 14.8. The Hall–Kier alpha value is -2.12. The van der Waals surface area contributed by atoms with E-state index < -0.39 is 41.9 Å². The molecular weight excluding hydrogens is 395 g/mol. The summed E-state index contributed by atoms with van der Waals surface area (Å²) >= 11 is 11.8. The second-order valence-electron chi connectivity index (χ2n) is 6.86. The first-order chi connectivity index (χ1) is 12.5. The highest BCUT2D eigenvalue weighted by Gasteiger charge is 2.42. The second kappa shape index (κ2) is 7.86. The zero-order chi connectivity index (χ0) is 20.5. The monoisotopic (exact) mass is 414 g/mol. The van der Waals surface area contributed by atoms with Gasteiger partial charge in [-0.3, -0.25) is 19.3 Å². The molecule has 0 fully saturated rings. The molecular formula is C18H20Cl2N2O5. The Morgan fingerprint density at radius 3 is 2.07 bits per heavy atom. The third-order valence-electron chi connectivity index (χ3n) is 4.39. The maximum absolute atomic E-state index is 12.5. The number of imide groups is 1. The molecule has 27 heavy (non-hydrogen) atoms. The van der Waals surface area contributed by atoms with Crippen molar-refractivity contribution in [2.45, 2.75) is 45.7 Å². The summed E-state index contributed by atoms with van der Waals surface area (Å²) < 4.78 is 4.96. The topological polar surface area (TPSA) is 92.8 Å². The molecule has 7 nitrogen and oxygen atoms in total. The average molecular weight is 415 g/mol. The first-order valence-electron chi connectivity index (χ1n) is 8.33. The average Bonchev–Trinajstić information content (AvgIpc) is 2.83. The zero-order valence-electron chi connectivity index (χ0n) is 15.4. The molecule has 0 bridgehead atoms. The van der Waals surface area contributed by atoms with Gasteiger partial charge in [0.2, 0.25) is 0 Å². The molecule has 0 unspecified atom stereocenters. The molecule has 0 aliphatic carbocycles. The van der Waals surface area contributed by atoms with E-state index in [1.165, 1.54) is 19.1 Å².